The van der Waals surface area contributed by atoms with E-state index in [0.717, 1.165) is 5.69 Å². The number of anilines is 1. The molecule has 1 fully saturated rings. The zero-order valence-corrected chi connectivity index (χ0v) is 11.0. The van der Waals surface area contributed by atoms with E-state index in [0.29, 0.717) is 31.1 Å². The molecule has 0 aliphatic carbocycles. The molecule has 0 saturated carbocycles. The average molecular weight is 271 g/mol. The van der Waals surface area contributed by atoms with Gasteiger partial charge in [0.25, 0.3) is 0 Å². The molecule has 102 valence electrons. The SMILES string of the molecule is Cc1cc2ncc(C#N)c(NC(=O)C3CCOC3)n2n1. The van der Waals surface area contributed by atoms with E-state index >= 15 is 0 Å². The third kappa shape index (κ3) is 2.10. The van der Waals surface area contributed by atoms with Crippen LogP contribution in [0.2, 0.25) is 0 Å². The van der Waals surface area contributed by atoms with Crippen LogP contribution in [-0.4, -0.2) is 33.7 Å². The van der Waals surface area contributed by atoms with Crippen molar-refractivity contribution in [3.05, 3.63) is 23.5 Å². The minimum absolute atomic E-state index is 0.153. The summed E-state index contributed by atoms with van der Waals surface area (Å²) in [6.45, 7) is 2.84. The average Bonchev–Trinajstić information content (AvgIpc) is 3.07. The fraction of sp³-hybridized carbons (Fsp3) is 0.385. The first kappa shape index (κ1) is 12.6. The van der Waals surface area contributed by atoms with Gasteiger partial charge in [-0.15, -0.1) is 0 Å². The molecule has 7 nitrogen and oxygen atoms in total. The van der Waals surface area contributed by atoms with Gasteiger partial charge in [0.15, 0.2) is 11.5 Å². The van der Waals surface area contributed by atoms with Crippen LogP contribution in [-0.2, 0) is 9.53 Å². The van der Waals surface area contributed by atoms with Crippen molar-refractivity contribution < 1.29 is 9.53 Å². The first-order valence-corrected chi connectivity index (χ1v) is 6.33. The molecule has 0 bridgehead atoms. The minimum Gasteiger partial charge on any atom is -0.381 e. The van der Waals surface area contributed by atoms with Gasteiger partial charge in [0.2, 0.25) is 5.91 Å². The summed E-state index contributed by atoms with van der Waals surface area (Å²) in [7, 11) is 0. The zero-order chi connectivity index (χ0) is 14.1. The maximum absolute atomic E-state index is 12.2. The summed E-state index contributed by atoms with van der Waals surface area (Å²) >= 11 is 0. The molecule has 0 aromatic carbocycles. The predicted molar refractivity (Wildman–Crippen MR) is 70.0 cm³/mol. The molecule has 7 heteroatoms. The van der Waals surface area contributed by atoms with Crippen LogP contribution >= 0.6 is 0 Å². The summed E-state index contributed by atoms with van der Waals surface area (Å²) in [5.41, 5.74) is 1.65. The number of fused-ring (bicyclic) bond motifs is 1. The lowest BCUT2D eigenvalue weighted by atomic mass is 10.1. The van der Waals surface area contributed by atoms with Crippen LogP contribution in [0.1, 0.15) is 17.7 Å². The first-order valence-electron chi connectivity index (χ1n) is 6.33. The topological polar surface area (TPSA) is 92.3 Å². The Morgan fingerprint density at radius 3 is 3.20 bits per heavy atom. The molecule has 1 aliphatic heterocycles. The highest BCUT2D eigenvalue weighted by molar-refractivity contribution is 5.93. The number of amides is 1. The Labute approximate surface area is 115 Å². The molecule has 3 rings (SSSR count). The molecule has 1 atom stereocenters. The number of aryl methyl sites for hydroxylation is 1. The van der Waals surface area contributed by atoms with Gasteiger partial charge in [-0.1, -0.05) is 0 Å². The van der Waals surface area contributed by atoms with E-state index in [9.17, 15) is 4.79 Å². The van der Waals surface area contributed by atoms with Gasteiger partial charge < -0.3 is 10.1 Å². The van der Waals surface area contributed by atoms with E-state index < -0.39 is 0 Å². The number of carbonyl (C=O) groups is 1. The number of aromatic nitrogens is 3. The molecule has 1 amide bonds. The lowest BCUT2D eigenvalue weighted by Crippen LogP contribution is -2.25. The van der Waals surface area contributed by atoms with Crippen molar-refractivity contribution in [2.75, 3.05) is 18.5 Å². The van der Waals surface area contributed by atoms with Crippen LogP contribution in [0.25, 0.3) is 5.65 Å². The highest BCUT2D eigenvalue weighted by Crippen LogP contribution is 2.19. The van der Waals surface area contributed by atoms with E-state index in [1.807, 2.05) is 13.0 Å². The van der Waals surface area contributed by atoms with Gasteiger partial charge >= 0.3 is 0 Å². The molecule has 3 heterocycles. The Balaban J connectivity index is 2.00. The maximum Gasteiger partial charge on any atom is 0.231 e. The van der Waals surface area contributed by atoms with Crippen molar-refractivity contribution in [3.8, 4) is 6.07 Å². The molecule has 2 aromatic rings. The van der Waals surface area contributed by atoms with Gasteiger partial charge in [-0.3, -0.25) is 4.79 Å². The molecule has 20 heavy (non-hydrogen) atoms. The van der Waals surface area contributed by atoms with Crippen molar-refractivity contribution in [3.63, 3.8) is 0 Å². The van der Waals surface area contributed by atoms with E-state index in [-0.39, 0.29) is 17.4 Å². The number of carbonyl (C=O) groups excluding carboxylic acids is 1. The number of nitrogens with zero attached hydrogens (tertiary/aromatic N) is 4. The monoisotopic (exact) mass is 271 g/mol. The number of nitrogens with one attached hydrogen (secondary N) is 1. The van der Waals surface area contributed by atoms with Crippen LogP contribution in [0.4, 0.5) is 5.82 Å². The number of hydrogen-bond donors (Lipinski definition) is 1. The van der Waals surface area contributed by atoms with Gasteiger partial charge in [-0.05, 0) is 13.3 Å². The van der Waals surface area contributed by atoms with E-state index in [1.54, 1.807) is 6.07 Å². The van der Waals surface area contributed by atoms with E-state index in [1.165, 1.54) is 10.7 Å². The number of nitriles is 1. The third-order valence-electron chi connectivity index (χ3n) is 3.27. The Morgan fingerprint density at radius 2 is 2.50 bits per heavy atom. The Kier molecular flexibility index (Phi) is 3.08. The standard InChI is InChI=1S/C13H13N5O2/c1-8-4-11-15-6-10(5-14)12(18(11)17-8)16-13(19)9-2-3-20-7-9/h4,6,9H,2-3,7H2,1H3,(H,16,19). The van der Waals surface area contributed by atoms with E-state index in [2.05, 4.69) is 15.4 Å². The molecular formula is C13H13N5O2. The molecule has 2 aromatic heterocycles. The summed E-state index contributed by atoms with van der Waals surface area (Å²) < 4.78 is 6.69. The molecular weight excluding hydrogens is 258 g/mol. The van der Waals surface area contributed by atoms with Gasteiger partial charge in [0, 0.05) is 12.7 Å². The zero-order valence-electron chi connectivity index (χ0n) is 11.0. The lowest BCUT2D eigenvalue weighted by molar-refractivity contribution is -0.119. The summed E-state index contributed by atoms with van der Waals surface area (Å²) in [6, 6.07) is 3.81. The molecule has 1 aliphatic rings. The van der Waals surface area contributed by atoms with Gasteiger partial charge in [-0.25, -0.2) is 4.98 Å². The second kappa shape index (κ2) is 4.90. The van der Waals surface area contributed by atoms with Gasteiger partial charge in [0.05, 0.1) is 24.4 Å². The van der Waals surface area contributed by atoms with Crippen molar-refractivity contribution in [1.29, 1.82) is 5.26 Å². The van der Waals surface area contributed by atoms with Crippen LogP contribution in [0, 0.1) is 24.2 Å². The Hall–Kier alpha value is -2.46. The van der Waals surface area contributed by atoms with Crippen LogP contribution < -0.4 is 5.32 Å². The summed E-state index contributed by atoms with van der Waals surface area (Å²) in [5.74, 6) is 0.0311. The predicted octanol–water partition coefficient (Wildman–Crippen LogP) is 0.884. The third-order valence-corrected chi connectivity index (χ3v) is 3.27. The Morgan fingerprint density at radius 1 is 1.65 bits per heavy atom. The van der Waals surface area contributed by atoms with Crippen molar-refractivity contribution in [2.24, 2.45) is 5.92 Å². The second-order valence-corrected chi connectivity index (χ2v) is 4.74. The summed E-state index contributed by atoms with van der Waals surface area (Å²) in [6.07, 6.45) is 2.14. The summed E-state index contributed by atoms with van der Waals surface area (Å²) in [5, 5.41) is 16.2. The maximum atomic E-state index is 12.2. The number of hydrogen-bond acceptors (Lipinski definition) is 5. The number of rotatable bonds is 2. The fourth-order valence-electron chi connectivity index (χ4n) is 2.21. The second-order valence-electron chi connectivity index (χ2n) is 4.74. The molecule has 1 unspecified atom stereocenters. The molecule has 1 saturated heterocycles. The van der Waals surface area contributed by atoms with Crippen molar-refractivity contribution in [1.82, 2.24) is 14.6 Å². The highest BCUT2D eigenvalue weighted by Gasteiger charge is 2.25. The van der Waals surface area contributed by atoms with Crippen LogP contribution in [0.3, 0.4) is 0 Å². The smallest absolute Gasteiger partial charge is 0.231 e. The minimum atomic E-state index is -0.179. The lowest BCUT2D eigenvalue weighted by Gasteiger charge is -2.11. The first-order chi connectivity index (χ1) is 9.69. The van der Waals surface area contributed by atoms with Crippen LogP contribution in [0.5, 0.6) is 0 Å². The Bertz CT molecular complexity index is 709. The van der Waals surface area contributed by atoms with Gasteiger partial charge in [0.1, 0.15) is 11.6 Å². The number of ether oxygens (including phenoxy) is 1. The molecule has 0 spiro atoms. The molecule has 1 N–H and O–H groups in total. The quantitative estimate of drug-likeness (QED) is 0.875. The summed E-state index contributed by atoms with van der Waals surface area (Å²) in [4.78, 5) is 16.3. The molecule has 0 radical (unpaired) electrons. The fourth-order valence-corrected chi connectivity index (χ4v) is 2.21. The van der Waals surface area contributed by atoms with E-state index in [4.69, 9.17) is 10.00 Å². The van der Waals surface area contributed by atoms with Crippen molar-refractivity contribution in [2.45, 2.75) is 13.3 Å². The van der Waals surface area contributed by atoms with Crippen LogP contribution in [0.15, 0.2) is 12.3 Å². The largest absolute Gasteiger partial charge is 0.381 e. The highest BCUT2D eigenvalue weighted by atomic mass is 16.5. The van der Waals surface area contributed by atoms with Crippen molar-refractivity contribution >= 4 is 17.4 Å². The van der Waals surface area contributed by atoms with Gasteiger partial charge in [-0.2, -0.15) is 14.9 Å². The normalized spacial score (nSPS) is 18.1.